The van der Waals surface area contributed by atoms with E-state index in [4.69, 9.17) is 5.11 Å². The minimum absolute atomic E-state index is 0.244. The maximum atomic E-state index is 9.92. The Hall–Kier alpha value is -1.25. The summed E-state index contributed by atoms with van der Waals surface area (Å²) in [4.78, 5) is 9.92. The van der Waals surface area contributed by atoms with E-state index in [9.17, 15) is 4.79 Å². The van der Waals surface area contributed by atoms with Gasteiger partial charge in [-0.1, -0.05) is 12.2 Å². The first-order chi connectivity index (χ1) is 5.70. The lowest BCUT2D eigenvalue weighted by atomic mass is 10.0. The molecule has 0 aromatic heterocycles. The van der Waals surface area contributed by atoms with E-state index in [0.717, 1.165) is 6.42 Å². The summed E-state index contributed by atoms with van der Waals surface area (Å²) in [5.74, 6) is 0.252. The van der Waals surface area contributed by atoms with Gasteiger partial charge in [0.25, 0.3) is 0 Å². The molecule has 0 aromatic carbocycles. The van der Waals surface area contributed by atoms with Crippen LogP contribution in [0.2, 0.25) is 0 Å². The molecule has 0 rings (SSSR count). The number of allylic oxidation sites excluding steroid dienone is 2. The van der Waals surface area contributed by atoms with E-state index < -0.39 is 6.16 Å². The van der Waals surface area contributed by atoms with Crippen LogP contribution in [0.15, 0.2) is 25.3 Å². The van der Waals surface area contributed by atoms with E-state index in [1.54, 1.807) is 12.2 Å². The summed E-state index contributed by atoms with van der Waals surface area (Å²) >= 11 is 0. The van der Waals surface area contributed by atoms with Crippen LogP contribution < -0.4 is 0 Å². The van der Waals surface area contributed by atoms with Gasteiger partial charge in [0.05, 0.1) is 6.61 Å². The third-order valence-corrected chi connectivity index (χ3v) is 1.51. The number of carboxylic acid groups (broad SMARTS) is 1. The monoisotopic (exact) mass is 170 g/mol. The second kappa shape index (κ2) is 6.46. The Morgan fingerprint density at radius 1 is 1.50 bits per heavy atom. The molecule has 0 aromatic rings. The fraction of sp³-hybridized carbons (Fsp3) is 0.444. The maximum Gasteiger partial charge on any atom is 0.505 e. The molecule has 0 heterocycles. The molecule has 1 N–H and O–H groups in total. The van der Waals surface area contributed by atoms with Crippen LogP contribution in [0.3, 0.4) is 0 Å². The molecule has 0 aliphatic heterocycles. The van der Waals surface area contributed by atoms with Crippen LogP contribution in [-0.4, -0.2) is 17.9 Å². The Kier molecular flexibility index (Phi) is 5.79. The van der Waals surface area contributed by atoms with Gasteiger partial charge in [-0.3, -0.25) is 0 Å². The van der Waals surface area contributed by atoms with E-state index >= 15 is 0 Å². The quantitative estimate of drug-likeness (QED) is 0.378. The molecule has 68 valence electrons. The van der Waals surface area contributed by atoms with E-state index in [2.05, 4.69) is 17.9 Å². The maximum absolute atomic E-state index is 9.92. The predicted molar refractivity (Wildman–Crippen MR) is 47.1 cm³/mol. The molecular formula is C9H14O3. The van der Waals surface area contributed by atoms with Crippen molar-refractivity contribution in [3.05, 3.63) is 25.3 Å². The summed E-state index contributed by atoms with van der Waals surface area (Å²) in [5, 5.41) is 8.13. The number of hydrogen-bond acceptors (Lipinski definition) is 2. The van der Waals surface area contributed by atoms with Crippen molar-refractivity contribution in [3.63, 3.8) is 0 Å². The van der Waals surface area contributed by atoms with Crippen LogP contribution in [0.5, 0.6) is 0 Å². The summed E-state index contributed by atoms with van der Waals surface area (Å²) in [6, 6.07) is 0. The highest BCUT2D eigenvalue weighted by atomic mass is 16.7. The molecule has 0 saturated carbocycles. The fourth-order valence-corrected chi connectivity index (χ4v) is 0.810. The molecule has 0 saturated heterocycles. The number of rotatable bonds is 6. The summed E-state index contributed by atoms with van der Waals surface area (Å²) < 4.78 is 4.33. The molecule has 0 unspecified atom stereocenters. The second-order valence-electron chi connectivity index (χ2n) is 2.39. The first-order valence-corrected chi connectivity index (χ1v) is 3.81. The topological polar surface area (TPSA) is 46.5 Å². The molecule has 0 atom stereocenters. The van der Waals surface area contributed by atoms with Crippen LogP contribution in [0.25, 0.3) is 0 Å². The van der Waals surface area contributed by atoms with Crippen LogP contribution in [-0.2, 0) is 4.74 Å². The Morgan fingerprint density at radius 2 is 2.08 bits per heavy atom. The second-order valence-corrected chi connectivity index (χ2v) is 2.39. The van der Waals surface area contributed by atoms with Crippen LogP contribution in [0.4, 0.5) is 4.79 Å². The fourth-order valence-electron chi connectivity index (χ4n) is 0.810. The van der Waals surface area contributed by atoms with Gasteiger partial charge in [-0.2, -0.15) is 0 Å². The standard InChI is InChI=1S/C9H14O3/c1-3-8(4-2)6-5-7-12-9(10)11/h3-4,8H,1-2,5-7H2,(H,10,11). The van der Waals surface area contributed by atoms with Gasteiger partial charge in [-0.15, -0.1) is 13.2 Å². The number of carbonyl (C=O) groups is 1. The van der Waals surface area contributed by atoms with Gasteiger partial charge in [-0.05, 0) is 18.8 Å². The number of ether oxygens (including phenoxy) is 1. The summed E-state index contributed by atoms with van der Waals surface area (Å²) in [5.41, 5.74) is 0. The zero-order valence-corrected chi connectivity index (χ0v) is 7.03. The third kappa shape index (κ3) is 5.53. The summed E-state index contributed by atoms with van der Waals surface area (Å²) in [6.45, 7) is 7.48. The molecule has 0 fully saturated rings. The van der Waals surface area contributed by atoms with Gasteiger partial charge in [0.1, 0.15) is 0 Å². The Labute approximate surface area is 72.3 Å². The van der Waals surface area contributed by atoms with Crippen molar-refractivity contribution in [1.82, 2.24) is 0 Å². The van der Waals surface area contributed by atoms with Crippen LogP contribution in [0, 0.1) is 5.92 Å². The van der Waals surface area contributed by atoms with Crippen molar-refractivity contribution >= 4 is 6.16 Å². The average molecular weight is 170 g/mol. The molecule has 0 amide bonds. The Bertz CT molecular complexity index is 155. The zero-order chi connectivity index (χ0) is 9.40. The normalized spacial score (nSPS) is 9.42. The Morgan fingerprint density at radius 3 is 2.50 bits per heavy atom. The molecule has 3 nitrogen and oxygen atoms in total. The van der Waals surface area contributed by atoms with Crippen molar-refractivity contribution in [2.24, 2.45) is 5.92 Å². The minimum Gasteiger partial charge on any atom is -0.450 e. The molecule has 12 heavy (non-hydrogen) atoms. The van der Waals surface area contributed by atoms with E-state index in [1.807, 2.05) is 0 Å². The molecule has 0 spiro atoms. The van der Waals surface area contributed by atoms with E-state index in [-0.39, 0.29) is 12.5 Å². The smallest absolute Gasteiger partial charge is 0.450 e. The van der Waals surface area contributed by atoms with E-state index in [0.29, 0.717) is 6.42 Å². The highest BCUT2D eigenvalue weighted by Gasteiger charge is 1.99. The van der Waals surface area contributed by atoms with Gasteiger partial charge < -0.3 is 9.84 Å². The SMILES string of the molecule is C=CC(C=C)CCCOC(=O)O. The largest absolute Gasteiger partial charge is 0.505 e. The van der Waals surface area contributed by atoms with Crippen LogP contribution >= 0.6 is 0 Å². The van der Waals surface area contributed by atoms with Gasteiger partial charge in [0, 0.05) is 0 Å². The lowest BCUT2D eigenvalue weighted by molar-refractivity contribution is 0.0897. The highest BCUT2D eigenvalue weighted by Crippen LogP contribution is 2.08. The summed E-state index contributed by atoms with van der Waals surface area (Å²) in [7, 11) is 0. The first kappa shape index (κ1) is 10.8. The van der Waals surface area contributed by atoms with Gasteiger partial charge >= 0.3 is 6.16 Å². The highest BCUT2D eigenvalue weighted by molar-refractivity contribution is 5.56. The van der Waals surface area contributed by atoms with E-state index in [1.165, 1.54) is 0 Å². The van der Waals surface area contributed by atoms with Crippen LogP contribution in [0.1, 0.15) is 12.8 Å². The van der Waals surface area contributed by atoms with Crippen molar-refractivity contribution in [3.8, 4) is 0 Å². The Balaban J connectivity index is 3.35. The van der Waals surface area contributed by atoms with Crippen molar-refractivity contribution in [1.29, 1.82) is 0 Å². The van der Waals surface area contributed by atoms with Gasteiger partial charge in [0.2, 0.25) is 0 Å². The summed E-state index contributed by atoms with van der Waals surface area (Å²) in [6.07, 6.45) is 3.89. The van der Waals surface area contributed by atoms with Gasteiger partial charge in [0.15, 0.2) is 0 Å². The zero-order valence-electron chi connectivity index (χ0n) is 7.03. The molecule has 0 bridgehead atoms. The number of hydrogen-bond donors (Lipinski definition) is 1. The lowest BCUT2D eigenvalue weighted by Crippen LogP contribution is -2.03. The average Bonchev–Trinajstić information content (AvgIpc) is 2.04. The molecular weight excluding hydrogens is 156 g/mol. The molecule has 0 aliphatic rings. The van der Waals surface area contributed by atoms with Crippen molar-refractivity contribution < 1.29 is 14.6 Å². The lowest BCUT2D eigenvalue weighted by Gasteiger charge is -2.05. The first-order valence-electron chi connectivity index (χ1n) is 3.81. The molecule has 0 aliphatic carbocycles. The molecule has 3 heteroatoms. The third-order valence-electron chi connectivity index (χ3n) is 1.51. The molecule has 0 radical (unpaired) electrons. The predicted octanol–water partition coefficient (Wildman–Crippen LogP) is 2.45. The minimum atomic E-state index is -1.22. The van der Waals surface area contributed by atoms with Crippen molar-refractivity contribution in [2.75, 3.05) is 6.61 Å². The van der Waals surface area contributed by atoms with Gasteiger partial charge in [-0.25, -0.2) is 4.79 Å². The van der Waals surface area contributed by atoms with Crippen molar-refractivity contribution in [2.45, 2.75) is 12.8 Å².